The fourth-order valence-corrected chi connectivity index (χ4v) is 4.18. The molecule has 1 N–H and O–H groups in total. The average Bonchev–Trinajstić information content (AvgIpc) is 3.14. The molecule has 0 amide bonds. The summed E-state index contributed by atoms with van der Waals surface area (Å²) in [5.41, 5.74) is 8.58. The number of hydrogen-bond acceptors (Lipinski definition) is 2. The van der Waals surface area contributed by atoms with Crippen LogP contribution in [0.25, 0.3) is 22.1 Å². The van der Waals surface area contributed by atoms with E-state index in [1.807, 2.05) is 18.2 Å². The van der Waals surface area contributed by atoms with Gasteiger partial charge in [0.2, 0.25) is 0 Å². The first-order valence-corrected chi connectivity index (χ1v) is 12.3. The Balaban J connectivity index is 1.91. The Kier molecular flexibility index (Phi) is 5.92. The monoisotopic (exact) mass is 453 g/mol. The van der Waals surface area contributed by atoms with Gasteiger partial charge in [0.25, 0.3) is 0 Å². The van der Waals surface area contributed by atoms with Crippen molar-refractivity contribution in [3.05, 3.63) is 83.4 Å². The van der Waals surface area contributed by atoms with Gasteiger partial charge in [-0.3, -0.25) is 0 Å². The molecule has 34 heavy (non-hydrogen) atoms. The number of anilines is 2. The van der Waals surface area contributed by atoms with E-state index in [9.17, 15) is 0 Å². The molecular weight excluding hydrogens is 414 g/mol. The number of nitrogens with one attached hydrogen (secondary N) is 1. The van der Waals surface area contributed by atoms with Crippen molar-refractivity contribution < 1.29 is 4.42 Å². The summed E-state index contributed by atoms with van der Waals surface area (Å²) < 4.78 is 6.11. The van der Waals surface area contributed by atoms with E-state index in [0.717, 1.165) is 22.5 Å². The van der Waals surface area contributed by atoms with Gasteiger partial charge in [0.05, 0.1) is 0 Å². The molecule has 2 nitrogen and oxygen atoms in total. The number of hydrogen-bond donors (Lipinski definition) is 1. The summed E-state index contributed by atoms with van der Waals surface area (Å²) in [5, 5.41) is 4.69. The summed E-state index contributed by atoms with van der Waals surface area (Å²) >= 11 is 0. The lowest BCUT2D eigenvalue weighted by atomic mass is 9.78. The van der Waals surface area contributed by atoms with Crippen molar-refractivity contribution >= 4 is 22.5 Å². The molecule has 0 aliphatic heterocycles. The minimum Gasteiger partial charge on any atom is -0.440 e. The zero-order valence-corrected chi connectivity index (χ0v) is 22.3. The smallest absolute Gasteiger partial charge is 0.198 e. The molecule has 0 radical (unpaired) electrons. The minimum atomic E-state index is 0.0567. The van der Waals surface area contributed by atoms with Crippen molar-refractivity contribution in [1.29, 1.82) is 0 Å². The molecule has 4 aromatic rings. The van der Waals surface area contributed by atoms with Gasteiger partial charge in [-0.2, -0.15) is 0 Å². The van der Waals surface area contributed by atoms with Crippen LogP contribution < -0.4 is 5.32 Å². The Morgan fingerprint density at radius 1 is 0.588 bits per heavy atom. The third kappa shape index (κ3) is 5.06. The lowest BCUT2D eigenvalue weighted by molar-refractivity contribution is 0.569. The normalized spacial score (nSPS) is 12.9. The minimum absolute atomic E-state index is 0.0567. The van der Waals surface area contributed by atoms with Gasteiger partial charge < -0.3 is 9.73 Å². The molecule has 178 valence electrons. The van der Waals surface area contributed by atoms with Crippen molar-refractivity contribution in [2.24, 2.45) is 0 Å². The van der Waals surface area contributed by atoms with Crippen LogP contribution in [0, 0.1) is 0 Å². The van der Waals surface area contributed by atoms with Crippen molar-refractivity contribution in [2.75, 3.05) is 5.32 Å². The Hall–Kier alpha value is -3.00. The Morgan fingerprint density at radius 2 is 1.18 bits per heavy atom. The van der Waals surface area contributed by atoms with Gasteiger partial charge in [-0.1, -0.05) is 105 Å². The number of para-hydroxylation sites is 1. The molecule has 1 aromatic heterocycles. The summed E-state index contributed by atoms with van der Waals surface area (Å²) in [6.07, 6.45) is 0. The first kappa shape index (κ1) is 24.1. The fourth-order valence-electron chi connectivity index (χ4n) is 4.18. The van der Waals surface area contributed by atoms with E-state index in [2.05, 4.69) is 116 Å². The molecule has 0 aliphatic carbocycles. The summed E-state index contributed by atoms with van der Waals surface area (Å²) in [5.74, 6) is 0.758. The summed E-state index contributed by atoms with van der Waals surface area (Å²) in [4.78, 5) is 0. The van der Waals surface area contributed by atoms with Gasteiger partial charge in [0.15, 0.2) is 5.88 Å². The highest BCUT2D eigenvalue weighted by Crippen LogP contribution is 2.40. The van der Waals surface area contributed by atoms with Crippen molar-refractivity contribution in [2.45, 2.75) is 78.6 Å². The van der Waals surface area contributed by atoms with Crippen LogP contribution in [0.15, 0.2) is 71.1 Å². The highest BCUT2D eigenvalue weighted by Gasteiger charge is 2.23. The maximum Gasteiger partial charge on any atom is 0.198 e. The molecule has 0 saturated carbocycles. The third-order valence-corrected chi connectivity index (χ3v) is 6.55. The molecule has 0 unspecified atom stereocenters. The molecule has 0 fully saturated rings. The van der Waals surface area contributed by atoms with Gasteiger partial charge in [-0.15, -0.1) is 0 Å². The van der Waals surface area contributed by atoms with Gasteiger partial charge in [0, 0.05) is 22.7 Å². The van der Waals surface area contributed by atoms with Crippen LogP contribution in [0.2, 0.25) is 0 Å². The van der Waals surface area contributed by atoms with Crippen LogP contribution in [0.5, 0.6) is 0 Å². The van der Waals surface area contributed by atoms with Crippen molar-refractivity contribution in [3.63, 3.8) is 0 Å². The molecule has 1 heterocycles. The van der Waals surface area contributed by atoms with Gasteiger partial charge >= 0.3 is 0 Å². The Morgan fingerprint density at radius 3 is 1.74 bits per heavy atom. The third-order valence-electron chi connectivity index (χ3n) is 6.55. The highest BCUT2D eigenvalue weighted by atomic mass is 16.3. The van der Waals surface area contributed by atoms with Crippen LogP contribution >= 0.6 is 0 Å². The predicted molar refractivity (Wildman–Crippen MR) is 147 cm³/mol. The number of furan rings is 1. The van der Waals surface area contributed by atoms with Crippen LogP contribution in [-0.2, 0) is 16.2 Å². The lowest BCUT2D eigenvalue weighted by Gasteiger charge is -2.27. The van der Waals surface area contributed by atoms with Crippen LogP contribution in [0.1, 0.15) is 79.0 Å². The Bertz CT molecular complexity index is 1250. The standard InChI is InChI=1S/C32H39NO/c1-30(2,3)23-14-15-27(33-29-18-21-12-10-11-13-28(21)34-29)26(20-23)22-16-24(31(4,5)6)19-25(17-22)32(7,8)9/h10-20,33H,1-9H3. The first-order valence-electron chi connectivity index (χ1n) is 12.3. The number of rotatable bonds is 3. The van der Waals surface area contributed by atoms with Gasteiger partial charge in [-0.05, 0) is 56.7 Å². The Labute approximate surface area is 205 Å². The average molecular weight is 454 g/mol. The van der Waals surface area contributed by atoms with E-state index < -0.39 is 0 Å². The van der Waals surface area contributed by atoms with Crippen LogP contribution in [0.4, 0.5) is 11.6 Å². The molecule has 0 saturated heterocycles. The molecular formula is C32H39NO. The van der Waals surface area contributed by atoms with E-state index >= 15 is 0 Å². The predicted octanol–water partition coefficient (Wildman–Crippen LogP) is 9.74. The highest BCUT2D eigenvalue weighted by molar-refractivity contribution is 5.86. The van der Waals surface area contributed by atoms with E-state index in [1.54, 1.807) is 0 Å². The van der Waals surface area contributed by atoms with Crippen LogP contribution in [0.3, 0.4) is 0 Å². The molecule has 0 aliphatic rings. The molecule has 0 bridgehead atoms. The molecule has 0 spiro atoms. The first-order chi connectivity index (χ1) is 15.7. The number of benzene rings is 3. The van der Waals surface area contributed by atoms with Gasteiger partial charge in [0.1, 0.15) is 5.58 Å². The molecule has 4 rings (SSSR count). The maximum atomic E-state index is 6.11. The lowest BCUT2D eigenvalue weighted by Crippen LogP contribution is -2.17. The summed E-state index contributed by atoms with van der Waals surface area (Å²) in [7, 11) is 0. The second-order valence-corrected chi connectivity index (χ2v) is 12.6. The quantitative estimate of drug-likeness (QED) is 0.334. The second kappa shape index (κ2) is 8.34. The largest absolute Gasteiger partial charge is 0.440 e. The van der Waals surface area contributed by atoms with E-state index in [0.29, 0.717) is 0 Å². The maximum absolute atomic E-state index is 6.11. The van der Waals surface area contributed by atoms with Gasteiger partial charge in [-0.25, -0.2) is 0 Å². The van der Waals surface area contributed by atoms with E-state index in [4.69, 9.17) is 4.42 Å². The second-order valence-electron chi connectivity index (χ2n) is 12.6. The van der Waals surface area contributed by atoms with Crippen molar-refractivity contribution in [3.8, 4) is 11.1 Å². The number of fused-ring (bicyclic) bond motifs is 1. The molecule has 2 heteroatoms. The SMILES string of the molecule is CC(C)(C)c1cc(-c2cc(C(C)(C)C)ccc2Nc2cc3ccccc3o2)cc(C(C)(C)C)c1. The van der Waals surface area contributed by atoms with E-state index in [1.165, 1.54) is 27.8 Å². The topological polar surface area (TPSA) is 25.2 Å². The zero-order valence-electron chi connectivity index (χ0n) is 22.3. The van der Waals surface area contributed by atoms with E-state index in [-0.39, 0.29) is 16.2 Å². The summed E-state index contributed by atoms with van der Waals surface area (Å²) in [6.45, 7) is 20.5. The molecule has 0 atom stereocenters. The van der Waals surface area contributed by atoms with Crippen LogP contribution in [-0.4, -0.2) is 0 Å². The van der Waals surface area contributed by atoms with Crippen molar-refractivity contribution in [1.82, 2.24) is 0 Å². The summed E-state index contributed by atoms with van der Waals surface area (Å²) in [6, 6.07) is 24.1. The fraction of sp³-hybridized carbons (Fsp3) is 0.375. The molecule has 3 aromatic carbocycles. The zero-order chi connectivity index (χ0) is 24.9.